The van der Waals surface area contributed by atoms with Crippen LogP contribution in [-0.4, -0.2) is 52.6 Å². The number of amides is 1. The molecule has 3 atom stereocenters. The number of benzene rings is 1. The molecule has 30 heavy (non-hydrogen) atoms. The summed E-state index contributed by atoms with van der Waals surface area (Å²) in [5.41, 5.74) is 0.101. The Morgan fingerprint density at radius 2 is 1.97 bits per heavy atom. The highest BCUT2D eigenvalue weighted by atomic mass is 19.1. The molecule has 9 heteroatoms. The maximum Gasteiger partial charge on any atom is 0.352 e. The van der Waals surface area contributed by atoms with Gasteiger partial charge in [0.15, 0.2) is 5.76 Å². The Morgan fingerprint density at radius 1 is 1.20 bits per heavy atom. The molecule has 3 heterocycles. The first kappa shape index (κ1) is 19.8. The van der Waals surface area contributed by atoms with Crippen molar-refractivity contribution in [2.45, 2.75) is 12.3 Å². The second kappa shape index (κ2) is 7.75. The van der Waals surface area contributed by atoms with Gasteiger partial charge in [0.1, 0.15) is 17.3 Å². The summed E-state index contributed by atoms with van der Waals surface area (Å²) in [6, 6.07) is 7.56. The van der Waals surface area contributed by atoms with E-state index in [0.29, 0.717) is 17.6 Å². The second-order valence-electron chi connectivity index (χ2n) is 7.45. The van der Waals surface area contributed by atoms with Gasteiger partial charge >= 0.3 is 11.9 Å². The van der Waals surface area contributed by atoms with Crippen molar-refractivity contribution in [3.63, 3.8) is 0 Å². The summed E-state index contributed by atoms with van der Waals surface area (Å²) in [7, 11) is 0. The van der Waals surface area contributed by atoms with Gasteiger partial charge in [-0.1, -0.05) is 12.1 Å². The Hall–Kier alpha value is -3.46. The van der Waals surface area contributed by atoms with Crippen molar-refractivity contribution < 1.29 is 33.4 Å². The molecule has 4 rings (SSSR count). The molecule has 2 aliphatic heterocycles. The Kier molecular flexibility index (Phi) is 5.13. The fraction of sp³-hybridized carbons (Fsp3) is 0.286. The number of nitrogens with one attached hydrogen (secondary N) is 1. The third-order valence-corrected chi connectivity index (χ3v) is 5.58. The number of piperidine rings is 1. The van der Waals surface area contributed by atoms with Crippen molar-refractivity contribution in [3.05, 3.63) is 59.2 Å². The van der Waals surface area contributed by atoms with E-state index in [1.54, 1.807) is 18.2 Å². The quantitative estimate of drug-likeness (QED) is 0.620. The van der Waals surface area contributed by atoms with Crippen molar-refractivity contribution in [2.75, 3.05) is 19.6 Å². The van der Waals surface area contributed by atoms with Crippen molar-refractivity contribution in [1.29, 1.82) is 0 Å². The van der Waals surface area contributed by atoms with Crippen LogP contribution in [-0.2, 0) is 9.59 Å². The number of carboxylic acids is 2. The zero-order valence-electron chi connectivity index (χ0n) is 15.8. The van der Waals surface area contributed by atoms with Crippen LogP contribution in [0, 0.1) is 11.7 Å². The van der Waals surface area contributed by atoms with E-state index < -0.39 is 29.4 Å². The molecule has 0 saturated carbocycles. The largest absolute Gasteiger partial charge is 0.478 e. The summed E-state index contributed by atoms with van der Waals surface area (Å²) in [5.74, 6) is -4.09. The standard InChI is InChI=1S/C21H19FN2O6/c22-15-4-2-1-3-12(15)19-13(14-10-24-6-5-11(14)9-24)7-17(30-19)20(27)23-16(21(28)29)8-18(25)26/h1-4,7-8,11,14H,5-6,9-10H2,(H,23,27)(H,25,26)(H,28,29)/b16-8+/t11-,14?/m1/s1. The highest BCUT2D eigenvalue weighted by molar-refractivity contribution is 6.02. The van der Waals surface area contributed by atoms with E-state index in [2.05, 4.69) is 4.90 Å². The van der Waals surface area contributed by atoms with Crippen LogP contribution < -0.4 is 5.32 Å². The van der Waals surface area contributed by atoms with E-state index in [4.69, 9.17) is 14.6 Å². The number of nitrogens with zero attached hydrogens (tertiary/aromatic N) is 1. The first-order valence-corrected chi connectivity index (χ1v) is 9.43. The first-order valence-electron chi connectivity index (χ1n) is 9.43. The number of aliphatic carboxylic acids is 2. The van der Waals surface area contributed by atoms with Gasteiger partial charge in [-0.05, 0) is 37.1 Å². The van der Waals surface area contributed by atoms with Gasteiger partial charge in [-0.25, -0.2) is 14.0 Å². The number of hydrogen-bond donors (Lipinski definition) is 3. The number of carboxylic acid groups (broad SMARTS) is 2. The lowest BCUT2D eigenvalue weighted by atomic mass is 9.85. The molecule has 0 radical (unpaired) electrons. The normalized spacial score (nSPS) is 22.8. The molecule has 1 aromatic heterocycles. The average Bonchev–Trinajstić information content (AvgIpc) is 3.42. The van der Waals surface area contributed by atoms with E-state index in [-0.39, 0.29) is 23.0 Å². The van der Waals surface area contributed by atoms with E-state index >= 15 is 0 Å². The van der Waals surface area contributed by atoms with E-state index in [9.17, 15) is 18.8 Å². The van der Waals surface area contributed by atoms with Crippen LogP contribution in [0.15, 0.2) is 46.5 Å². The fourth-order valence-electron chi connectivity index (χ4n) is 4.24. The molecule has 2 aromatic rings. The summed E-state index contributed by atoms with van der Waals surface area (Å²) in [5, 5.41) is 19.9. The van der Waals surface area contributed by atoms with E-state index in [0.717, 1.165) is 26.1 Å². The fourth-order valence-corrected chi connectivity index (χ4v) is 4.24. The van der Waals surface area contributed by atoms with Crippen LogP contribution in [0.2, 0.25) is 0 Å². The van der Waals surface area contributed by atoms with Crippen molar-refractivity contribution >= 4 is 17.8 Å². The third kappa shape index (κ3) is 3.71. The number of hydrogen-bond acceptors (Lipinski definition) is 5. The Balaban J connectivity index is 1.72. The van der Waals surface area contributed by atoms with Crippen LogP contribution in [0.4, 0.5) is 4.39 Å². The Morgan fingerprint density at radius 3 is 2.57 bits per heavy atom. The highest BCUT2D eigenvalue weighted by Gasteiger charge is 2.41. The van der Waals surface area contributed by atoms with Crippen LogP contribution in [0.25, 0.3) is 11.3 Å². The van der Waals surface area contributed by atoms with Gasteiger partial charge < -0.3 is 24.8 Å². The average molecular weight is 414 g/mol. The summed E-state index contributed by atoms with van der Waals surface area (Å²) in [6.45, 7) is 2.70. The Labute approximate surface area is 170 Å². The molecule has 1 amide bonds. The van der Waals surface area contributed by atoms with Crippen LogP contribution >= 0.6 is 0 Å². The number of carbonyl (C=O) groups excluding carboxylic acids is 1. The summed E-state index contributed by atoms with van der Waals surface area (Å²) in [6.07, 6.45) is 1.38. The van der Waals surface area contributed by atoms with Gasteiger partial charge in [0, 0.05) is 24.6 Å². The molecular formula is C21H19FN2O6. The van der Waals surface area contributed by atoms with Crippen LogP contribution in [0.3, 0.4) is 0 Å². The van der Waals surface area contributed by atoms with Gasteiger partial charge in [-0.2, -0.15) is 0 Å². The van der Waals surface area contributed by atoms with Crippen molar-refractivity contribution in [3.8, 4) is 11.3 Å². The number of fused-ring (bicyclic) bond motifs is 2. The maximum atomic E-state index is 14.5. The summed E-state index contributed by atoms with van der Waals surface area (Å²) < 4.78 is 20.2. The van der Waals surface area contributed by atoms with Crippen molar-refractivity contribution in [2.24, 2.45) is 5.92 Å². The van der Waals surface area contributed by atoms with Gasteiger partial charge in [-0.15, -0.1) is 0 Å². The monoisotopic (exact) mass is 414 g/mol. The molecule has 8 nitrogen and oxygen atoms in total. The van der Waals surface area contributed by atoms with E-state index in [1.165, 1.54) is 12.1 Å². The molecule has 2 aliphatic rings. The zero-order chi connectivity index (χ0) is 21.4. The molecule has 2 fully saturated rings. The molecule has 1 aromatic carbocycles. The number of rotatable bonds is 6. The van der Waals surface area contributed by atoms with Crippen molar-refractivity contribution in [1.82, 2.24) is 10.2 Å². The highest BCUT2D eigenvalue weighted by Crippen LogP contribution is 2.44. The summed E-state index contributed by atoms with van der Waals surface area (Å²) >= 11 is 0. The summed E-state index contributed by atoms with van der Waals surface area (Å²) in [4.78, 5) is 36.9. The first-order chi connectivity index (χ1) is 14.3. The third-order valence-electron chi connectivity index (χ3n) is 5.58. The second-order valence-corrected chi connectivity index (χ2v) is 7.45. The molecule has 0 aliphatic carbocycles. The number of carbonyl (C=O) groups is 3. The lowest BCUT2D eigenvalue weighted by Crippen LogP contribution is -2.27. The lowest BCUT2D eigenvalue weighted by molar-refractivity contribution is -0.135. The van der Waals surface area contributed by atoms with Gasteiger partial charge in [0.05, 0.1) is 11.6 Å². The van der Waals surface area contributed by atoms with Gasteiger partial charge in [0.2, 0.25) is 0 Å². The molecule has 0 spiro atoms. The lowest BCUT2D eigenvalue weighted by Gasteiger charge is -2.22. The Bertz CT molecular complexity index is 1060. The minimum atomic E-state index is -1.60. The molecular weight excluding hydrogens is 395 g/mol. The van der Waals surface area contributed by atoms with Crippen LogP contribution in [0.1, 0.15) is 28.5 Å². The SMILES string of the molecule is O=C(O)/C=C(/NC(=O)c1cc(C2CN3CC[C@@H]2C3)c(-c2ccccc2F)o1)C(=O)O. The molecule has 2 bridgehead atoms. The van der Waals surface area contributed by atoms with Gasteiger partial charge in [0.25, 0.3) is 5.91 Å². The topological polar surface area (TPSA) is 120 Å². The van der Waals surface area contributed by atoms with Gasteiger partial charge in [-0.3, -0.25) is 4.79 Å². The zero-order valence-corrected chi connectivity index (χ0v) is 15.8. The predicted octanol–water partition coefficient (Wildman–Crippen LogP) is 2.29. The number of halogens is 1. The van der Waals surface area contributed by atoms with E-state index in [1.807, 2.05) is 5.32 Å². The maximum absolute atomic E-state index is 14.5. The predicted molar refractivity (Wildman–Crippen MR) is 102 cm³/mol. The van der Waals surface area contributed by atoms with Crippen LogP contribution in [0.5, 0.6) is 0 Å². The molecule has 156 valence electrons. The molecule has 2 saturated heterocycles. The molecule has 3 N–H and O–H groups in total. The minimum Gasteiger partial charge on any atom is -0.478 e. The minimum absolute atomic E-state index is 0.0622. The smallest absolute Gasteiger partial charge is 0.352 e. The molecule has 2 unspecified atom stereocenters. The number of furan rings is 1.